The average Bonchev–Trinajstić information content (AvgIpc) is 3.96. The van der Waals surface area contributed by atoms with E-state index in [2.05, 4.69) is 88.3 Å². The van der Waals surface area contributed by atoms with E-state index in [0.717, 1.165) is 0 Å². The van der Waals surface area contributed by atoms with Crippen molar-refractivity contribution in [3.63, 3.8) is 0 Å². The van der Waals surface area contributed by atoms with Crippen LogP contribution in [0.25, 0.3) is 10.8 Å². The summed E-state index contributed by atoms with van der Waals surface area (Å²) in [7, 11) is 3.66. The maximum Gasteiger partial charge on any atom is 0.250 e. The molecule has 0 fully saturated rings. The first kappa shape index (κ1) is 40.3. The molecule has 7 aromatic heterocycles. The molecule has 0 aliphatic rings. The second kappa shape index (κ2) is 24.3. The lowest BCUT2D eigenvalue weighted by Crippen LogP contribution is -2.12. The summed E-state index contributed by atoms with van der Waals surface area (Å²) >= 11 is 5.18. The van der Waals surface area contributed by atoms with Crippen LogP contribution in [0.15, 0.2) is 154 Å². The Morgan fingerprint density at radius 3 is 1.84 bits per heavy atom. The summed E-state index contributed by atoms with van der Waals surface area (Å²) in [4.78, 5) is 25.0. The number of aryl methyl sites for hydroxylation is 7. The lowest BCUT2D eigenvalue weighted by atomic mass is 10.1. The Bertz CT molecular complexity index is 1750. The number of benzene rings is 1. The number of hydrogen-bond acceptors (Lipinski definition) is 8. The van der Waals surface area contributed by atoms with E-state index in [0.29, 0.717) is 0 Å². The smallest absolute Gasteiger partial charge is 0.250 e. The Balaban J connectivity index is 0.000000201. The molecule has 0 spiro atoms. The van der Waals surface area contributed by atoms with E-state index in [9.17, 15) is 4.79 Å². The molecule has 0 aliphatic carbocycles. The number of pyridine rings is 2. The van der Waals surface area contributed by atoms with Crippen LogP contribution in [0.5, 0.6) is 0 Å². The summed E-state index contributed by atoms with van der Waals surface area (Å²) in [6, 6.07) is 21.5. The molecular formula is C39H45N5O2S3. The van der Waals surface area contributed by atoms with Gasteiger partial charge in [-0.1, -0.05) is 36.4 Å². The number of imidazole rings is 1. The van der Waals surface area contributed by atoms with Crippen LogP contribution in [-0.2, 0) is 14.1 Å². The van der Waals surface area contributed by atoms with E-state index in [1.807, 2.05) is 74.0 Å². The van der Waals surface area contributed by atoms with Crippen LogP contribution in [0.2, 0.25) is 0 Å². The fourth-order valence-electron chi connectivity index (χ4n) is 3.41. The summed E-state index contributed by atoms with van der Waals surface area (Å²) in [6.07, 6.45) is 16.1. The van der Waals surface area contributed by atoms with Gasteiger partial charge in [-0.15, -0.1) is 22.7 Å². The minimum absolute atomic E-state index is 0.0347. The summed E-state index contributed by atoms with van der Waals surface area (Å²) in [5, 5.41) is 8.79. The molecule has 49 heavy (non-hydrogen) atoms. The summed E-state index contributed by atoms with van der Waals surface area (Å²) in [5.74, 6) is 0. The van der Waals surface area contributed by atoms with E-state index in [-0.39, 0.29) is 5.56 Å². The van der Waals surface area contributed by atoms with Crippen LogP contribution in [-0.4, -0.2) is 24.1 Å². The lowest BCUT2D eigenvalue weighted by Gasteiger charge is -1.98. The van der Waals surface area contributed by atoms with Crippen molar-refractivity contribution in [2.45, 2.75) is 34.6 Å². The van der Waals surface area contributed by atoms with Gasteiger partial charge in [0, 0.05) is 72.5 Å². The van der Waals surface area contributed by atoms with Gasteiger partial charge in [0.2, 0.25) is 5.56 Å². The number of nitrogens with zero attached hydrogens (tertiary/aromatic N) is 5. The molecule has 0 N–H and O–H groups in total. The van der Waals surface area contributed by atoms with Crippen molar-refractivity contribution >= 4 is 44.8 Å². The van der Waals surface area contributed by atoms with Crippen molar-refractivity contribution < 1.29 is 4.42 Å². The zero-order valence-corrected chi connectivity index (χ0v) is 31.6. The third-order valence-electron chi connectivity index (χ3n) is 6.06. The van der Waals surface area contributed by atoms with Gasteiger partial charge >= 0.3 is 0 Å². The van der Waals surface area contributed by atoms with Gasteiger partial charge in [0.25, 0.3) is 0 Å². The third-order valence-corrected chi connectivity index (χ3v) is 8.36. The topological polar surface area (TPSA) is 78.7 Å². The molecule has 0 radical (unpaired) electrons. The summed E-state index contributed by atoms with van der Waals surface area (Å²) in [6.45, 7) is 10.3. The molecule has 10 heteroatoms. The third kappa shape index (κ3) is 18.9. The minimum Gasteiger partial charge on any atom is -0.472 e. The molecule has 1 aromatic carbocycles. The highest BCUT2D eigenvalue weighted by Crippen LogP contribution is 2.15. The fourth-order valence-corrected chi connectivity index (χ4v) is 5.01. The van der Waals surface area contributed by atoms with Gasteiger partial charge in [-0.25, -0.2) is 4.98 Å². The zero-order valence-electron chi connectivity index (χ0n) is 29.1. The van der Waals surface area contributed by atoms with Gasteiger partial charge in [0.05, 0.1) is 24.4 Å². The molecule has 0 atom stereocenters. The summed E-state index contributed by atoms with van der Waals surface area (Å²) in [5.41, 5.74) is 5.64. The molecule has 0 saturated heterocycles. The Hall–Kier alpha value is -4.90. The molecule has 256 valence electrons. The van der Waals surface area contributed by atoms with E-state index < -0.39 is 0 Å². The van der Waals surface area contributed by atoms with E-state index >= 15 is 0 Å². The molecule has 0 aliphatic heterocycles. The highest BCUT2D eigenvalue weighted by atomic mass is 32.1. The van der Waals surface area contributed by atoms with Crippen molar-refractivity contribution in [2.24, 2.45) is 14.1 Å². The highest BCUT2D eigenvalue weighted by molar-refractivity contribution is 7.10. The molecular weight excluding hydrogens is 667 g/mol. The van der Waals surface area contributed by atoms with E-state index in [4.69, 9.17) is 4.42 Å². The lowest BCUT2D eigenvalue weighted by molar-refractivity contribution is 0.565. The quantitative estimate of drug-likeness (QED) is 0.156. The van der Waals surface area contributed by atoms with Crippen LogP contribution >= 0.6 is 34.0 Å². The molecule has 8 aromatic rings. The van der Waals surface area contributed by atoms with Crippen LogP contribution < -0.4 is 5.56 Å². The van der Waals surface area contributed by atoms with Crippen LogP contribution in [0.4, 0.5) is 0 Å². The number of thiophene rings is 2. The van der Waals surface area contributed by atoms with E-state index in [1.165, 1.54) is 47.9 Å². The Kier molecular flexibility index (Phi) is 20.0. The molecule has 7 heterocycles. The van der Waals surface area contributed by atoms with Crippen molar-refractivity contribution in [3.05, 3.63) is 181 Å². The first-order chi connectivity index (χ1) is 23.7. The first-order valence-corrected chi connectivity index (χ1v) is 18.0. The number of fused-ring (bicyclic) bond motifs is 1. The normalized spacial score (nSPS) is 9.20. The second-order valence-electron chi connectivity index (χ2n) is 10.5. The van der Waals surface area contributed by atoms with Crippen molar-refractivity contribution in [3.8, 4) is 0 Å². The monoisotopic (exact) mass is 711 g/mol. The summed E-state index contributed by atoms with van der Waals surface area (Å²) < 4.78 is 8.13. The second-order valence-corrected chi connectivity index (χ2v) is 13.5. The number of furan rings is 1. The van der Waals surface area contributed by atoms with Crippen LogP contribution in [0.1, 0.15) is 26.4 Å². The predicted molar refractivity (Wildman–Crippen MR) is 210 cm³/mol. The maximum atomic E-state index is 10.6. The molecule has 0 saturated carbocycles. The number of hydrogen-bond donors (Lipinski definition) is 0. The van der Waals surface area contributed by atoms with Gasteiger partial charge in [-0.2, -0.15) is 11.3 Å². The van der Waals surface area contributed by atoms with Crippen molar-refractivity contribution in [2.75, 3.05) is 0 Å². The van der Waals surface area contributed by atoms with Gasteiger partial charge in [-0.3, -0.25) is 14.8 Å². The predicted octanol–water partition coefficient (Wildman–Crippen LogP) is 10.5. The largest absolute Gasteiger partial charge is 0.472 e. The molecule has 8 rings (SSSR count). The number of aromatic nitrogens is 5. The maximum absolute atomic E-state index is 10.6. The van der Waals surface area contributed by atoms with Crippen LogP contribution in [0, 0.1) is 34.6 Å². The Labute approximate surface area is 301 Å². The number of rotatable bonds is 0. The molecule has 0 bridgehead atoms. The highest BCUT2D eigenvalue weighted by Gasteiger charge is 1.93. The van der Waals surface area contributed by atoms with Gasteiger partial charge in [0.15, 0.2) is 0 Å². The van der Waals surface area contributed by atoms with Gasteiger partial charge in [-0.05, 0) is 97.1 Å². The van der Waals surface area contributed by atoms with Gasteiger partial charge in [0.1, 0.15) is 0 Å². The van der Waals surface area contributed by atoms with E-state index in [1.54, 1.807) is 78.4 Å². The molecule has 7 nitrogen and oxygen atoms in total. The Morgan fingerprint density at radius 1 is 0.694 bits per heavy atom. The Morgan fingerprint density at radius 2 is 1.49 bits per heavy atom. The standard InChI is InChI=1S/C10H9N.C6H7NO.C5H6O.2C5H6S.C4H6N2.C4H5NS/c1-8-6-11-7-9-4-2-3-5-10(8)9;1-7-5-3-2-4-6(7)8;2*1-5-2-3-6-4-5;1-5-3-2-4-6-5;1-6-3-2-5-4-6;1-4-2-5-3-6-4/h2-7H,1H3;2-5H,1H3;4*2-4H,1H3;2-3H,1H3. The van der Waals surface area contributed by atoms with Crippen molar-refractivity contribution in [1.82, 2.24) is 24.1 Å². The first-order valence-electron chi connectivity index (χ1n) is 15.3. The molecule has 0 unspecified atom stereocenters. The van der Waals surface area contributed by atoms with Crippen LogP contribution in [0.3, 0.4) is 0 Å². The fraction of sp³-hybridized carbons (Fsp3) is 0.179. The van der Waals surface area contributed by atoms with Crippen molar-refractivity contribution in [1.29, 1.82) is 0 Å². The number of thiazole rings is 1. The average molecular weight is 712 g/mol. The SMILES string of the molecule is Cc1cccs1.Cc1ccoc1.Cc1ccsc1.Cc1cncc2ccccc12.Cc1cncs1.Cn1ccccc1=O.Cn1ccnc1. The zero-order chi connectivity index (χ0) is 35.7. The van der Waals surface area contributed by atoms with Gasteiger partial charge < -0.3 is 13.6 Å². The molecule has 0 amide bonds. The minimum atomic E-state index is 0.0347.